The van der Waals surface area contributed by atoms with Gasteiger partial charge < -0.3 is 4.74 Å². The number of rotatable bonds is 3. The number of aryl methyl sites for hydroxylation is 1. The number of nitrogens with two attached hydrogens (primary N) is 1. The van der Waals surface area contributed by atoms with Crippen LogP contribution in [0.4, 0.5) is 0 Å². The Morgan fingerprint density at radius 1 is 1.53 bits per heavy atom. The molecule has 0 aliphatic heterocycles. The lowest BCUT2D eigenvalue weighted by Crippen LogP contribution is -2.34. The van der Waals surface area contributed by atoms with Gasteiger partial charge in [0, 0.05) is 17.6 Å². The van der Waals surface area contributed by atoms with E-state index in [0.717, 1.165) is 21.7 Å². The molecule has 0 aliphatic carbocycles. The number of hydrogen-bond acceptors (Lipinski definition) is 3. The molecule has 0 bridgehead atoms. The van der Waals surface area contributed by atoms with Crippen LogP contribution < -0.4 is 10.6 Å². The smallest absolute Gasteiger partial charge is 0.240 e. The van der Waals surface area contributed by atoms with Gasteiger partial charge in [-0.15, -0.1) is 0 Å². The van der Waals surface area contributed by atoms with Gasteiger partial charge in [0.2, 0.25) is 5.91 Å². The molecule has 0 saturated carbocycles. The third-order valence-corrected chi connectivity index (χ3v) is 3.30. The summed E-state index contributed by atoms with van der Waals surface area (Å²) >= 11 is 6.16. The third-order valence-electron chi connectivity index (χ3n) is 2.71. The average molecular weight is 257 g/mol. The SMILES string of the molecule is COc1cc(C)c(Cl)c(C)c1CC(=O)N(C)N. The number of ether oxygens (including phenoxy) is 1. The van der Waals surface area contributed by atoms with Gasteiger partial charge in [-0.2, -0.15) is 0 Å². The maximum Gasteiger partial charge on any atom is 0.240 e. The van der Waals surface area contributed by atoms with Gasteiger partial charge >= 0.3 is 0 Å². The molecule has 1 amide bonds. The zero-order valence-corrected chi connectivity index (χ0v) is 11.3. The number of carbonyl (C=O) groups excluding carboxylic acids is 1. The summed E-state index contributed by atoms with van der Waals surface area (Å²) in [5.41, 5.74) is 2.57. The van der Waals surface area contributed by atoms with Crippen LogP contribution in [0.15, 0.2) is 6.07 Å². The Labute approximate surface area is 106 Å². The lowest BCUT2D eigenvalue weighted by Gasteiger charge is -2.16. The summed E-state index contributed by atoms with van der Waals surface area (Å²) in [6, 6.07) is 1.83. The van der Waals surface area contributed by atoms with Gasteiger partial charge in [0.25, 0.3) is 0 Å². The van der Waals surface area contributed by atoms with Crippen LogP contribution in [0.2, 0.25) is 5.02 Å². The molecule has 0 radical (unpaired) electrons. The van der Waals surface area contributed by atoms with Crippen molar-refractivity contribution in [1.29, 1.82) is 0 Å². The van der Waals surface area contributed by atoms with Crippen molar-refractivity contribution in [2.45, 2.75) is 20.3 Å². The van der Waals surface area contributed by atoms with E-state index in [1.54, 1.807) is 7.11 Å². The van der Waals surface area contributed by atoms with Crippen molar-refractivity contribution in [3.63, 3.8) is 0 Å². The van der Waals surface area contributed by atoms with Crippen LogP contribution >= 0.6 is 11.6 Å². The first-order valence-corrected chi connectivity index (χ1v) is 5.60. The molecule has 17 heavy (non-hydrogen) atoms. The van der Waals surface area contributed by atoms with E-state index in [9.17, 15) is 4.79 Å². The Bertz CT molecular complexity index is 445. The fourth-order valence-corrected chi connectivity index (χ4v) is 1.81. The highest BCUT2D eigenvalue weighted by atomic mass is 35.5. The van der Waals surface area contributed by atoms with Gasteiger partial charge in [0.15, 0.2) is 0 Å². The van der Waals surface area contributed by atoms with Crippen molar-refractivity contribution < 1.29 is 9.53 Å². The molecule has 0 spiro atoms. The number of carbonyl (C=O) groups is 1. The van der Waals surface area contributed by atoms with Crippen molar-refractivity contribution in [3.8, 4) is 5.75 Å². The summed E-state index contributed by atoms with van der Waals surface area (Å²) < 4.78 is 5.27. The van der Waals surface area contributed by atoms with Crippen LogP contribution in [-0.2, 0) is 11.2 Å². The van der Waals surface area contributed by atoms with Crippen molar-refractivity contribution in [2.75, 3.05) is 14.2 Å². The van der Waals surface area contributed by atoms with Crippen LogP contribution in [0.1, 0.15) is 16.7 Å². The van der Waals surface area contributed by atoms with Crippen molar-refractivity contribution in [3.05, 3.63) is 27.8 Å². The van der Waals surface area contributed by atoms with Crippen LogP contribution in [0.25, 0.3) is 0 Å². The molecule has 1 aromatic carbocycles. The predicted molar refractivity (Wildman–Crippen MR) is 68.1 cm³/mol. The second kappa shape index (κ2) is 5.38. The molecule has 94 valence electrons. The number of nitrogens with zero attached hydrogens (tertiary/aromatic N) is 1. The predicted octanol–water partition coefficient (Wildman–Crippen LogP) is 1.84. The highest BCUT2D eigenvalue weighted by molar-refractivity contribution is 6.32. The average Bonchev–Trinajstić information content (AvgIpc) is 2.29. The van der Waals surface area contributed by atoms with Crippen molar-refractivity contribution >= 4 is 17.5 Å². The minimum Gasteiger partial charge on any atom is -0.496 e. The normalized spacial score (nSPS) is 10.2. The number of halogens is 1. The molecule has 0 unspecified atom stereocenters. The van der Waals surface area contributed by atoms with Crippen molar-refractivity contribution in [1.82, 2.24) is 5.01 Å². The van der Waals surface area contributed by atoms with E-state index in [-0.39, 0.29) is 12.3 Å². The van der Waals surface area contributed by atoms with Crippen molar-refractivity contribution in [2.24, 2.45) is 5.84 Å². The number of methoxy groups -OCH3 is 1. The number of amides is 1. The maximum atomic E-state index is 11.6. The molecular weight excluding hydrogens is 240 g/mol. The number of likely N-dealkylation sites (N-methyl/N-ethyl adjacent to an activating group) is 1. The Morgan fingerprint density at radius 2 is 2.12 bits per heavy atom. The van der Waals surface area contributed by atoms with Gasteiger partial charge in [0.1, 0.15) is 5.75 Å². The topological polar surface area (TPSA) is 55.6 Å². The molecule has 0 saturated heterocycles. The summed E-state index contributed by atoms with van der Waals surface area (Å²) in [6.07, 6.45) is 0.183. The molecule has 2 N–H and O–H groups in total. The fraction of sp³-hybridized carbons (Fsp3) is 0.417. The second-order valence-electron chi connectivity index (χ2n) is 3.99. The van der Waals surface area contributed by atoms with Gasteiger partial charge in [-0.05, 0) is 31.0 Å². The molecule has 0 aliphatic rings. The van der Waals surface area contributed by atoms with E-state index in [2.05, 4.69) is 0 Å². The first kappa shape index (κ1) is 13.8. The van der Waals surface area contributed by atoms with E-state index in [0.29, 0.717) is 10.8 Å². The van der Waals surface area contributed by atoms with Crippen LogP contribution in [-0.4, -0.2) is 25.1 Å². The number of hydrazine groups is 1. The zero-order chi connectivity index (χ0) is 13.2. The minimum atomic E-state index is -0.189. The quantitative estimate of drug-likeness (QED) is 0.510. The molecule has 5 heteroatoms. The molecule has 0 fully saturated rings. The van der Waals surface area contributed by atoms with Crippen LogP contribution in [0.5, 0.6) is 5.75 Å². The molecule has 0 heterocycles. The monoisotopic (exact) mass is 256 g/mol. The Morgan fingerprint density at radius 3 is 2.59 bits per heavy atom. The number of hydrogen-bond donors (Lipinski definition) is 1. The lowest BCUT2D eigenvalue weighted by molar-refractivity contribution is -0.129. The standard InChI is InChI=1S/C12H17ClN2O2/c1-7-5-10(17-4)9(8(2)12(7)13)6-11(16)15(3)14/h5H,6,14H2,1-4H3. The Kier molecular flexibility index (Phi) is 4.37. The Hall–Kier alpha value is -1.26. The molecule has 1 rings (SSSR count). The van der Waals surface area contributed by atoms with E-state index in [4.69, 9.17) is 22.2 Å². The molecule has 1 aromatic rings. The zero-order valence-electron chi connectivity index (χ0n) is 10.5. The Balaban J connectivity index is 3.22. The molecule has 4 nitrogen and oxygen atoms in total. The summed E-state index contributed by atoms with van der Waals surface area (Å²) in [5, 5.41) is 1.72. The van der Waals surface area contributed by atoms with E-state index < -0.39 is 0 Å². The highest BCUT2D eigenvalue weighted by Gasteiger charge is 2.16. The summed E-state index contributed by atoms with van der Waals surface area (Å²) in [5.74, 6) is 5.88. The number of benzene rings is 1. The summed E-state index contributed by atoms with van der Waals surface area (Å²) in [7, 11) is 3.09. The first-order valence-electron chi connectivity index (χ1n) is 5.22. The maximum absolute atomic E-state index is 11.6. The van der Waals surface area contributed by atoms with Gasteiger partial charge in [-0.25, -0.2) is 5.84 Å². The molecule has 0 aromatic heterocycles. The summed E-state index contributed by atoms with van der Waals surface area (Å²) in [4.78, 5) is 11.6. The summed E-state index contributed by atoms with van der Waals surface area (Å²) in [6.45, 7) is 3.77. The van der Waals surface area contributed by atoms with Gasteiger partial charge in [0.05, 0.1) is 13.5 Å². The van der Waals surface area contributed by atoms with E-state index >= 15 is 0 Å². The van der Waals surface area contributed by atoms with Gasteiger partial charge in [-0.3, -0.25) is 9.80 Å². The van der Waals surface area contributed by atoms with Gasteiger partial charge in [-0.1, -0.05) is 11.6 Å². The fourth-order valence-electron chi connectivity index (χ4n) is 1.64. The van der Waals surface area contributed by atoms with E-state index in [1.807, 2.05) is 19.9 Å². The minimum absolute atomic E-state index is 0.183. The molecular formula is C12H17ClN2O2. The largest absolute Gasteiger partial charge is 0.496 e. The first-order chi connectivity index (χ1) is 7.88. The van der Waals surface area contributed by atoms with E-state index in [1.165, 1.54) is 7.05 Å². The second-order valence-corrected chi connectivity index (χ2v) is 4.37. The lowest BCUT2D eigenvalue weighted by atomic mass is 10.0. The molecule has 0 atom stereocenters. The third kappa shape index (κ3) is 2.90. The van der Waals surface area contributed by atoms with Crippen LogP contribution in [0.3, 0.4) is 0 Å². The highest BCUT2D eigenvalue weighted by Crippen LogP contribution is 2.31. The van der Waals surface area contributed by atoms with Crippen LogP contribution in [0, 0.1) is 13.8 Å².